The molecule has 18 heavy (non-hydrogen) atoms. The lowest BCUT2D eigenvalue weighted by atomic mass is 10.2. The van der Waals surface area contributed by atoms with Gasteiger partial charge in [0.15, 0.2) is 11.6 Å². The van der Waals surface area contributed by atoms with E-state index in [1.54, 1.807) is 18.2 Å². The minimum Gasteiger partial charge on any atom is -0.381 e. The van der Waals surface area contributed by atoms with Gasteiger partial charge in [-0.15, -0.1) is 0 Å². The van der Waals surface area contributed by atoms with Crippen LogP contribution in [0.3, 0.4) is 0 Å². The Morgan fingerprint density at radius 1 is 1.33 bits per heavy atom. The summed E-state index contributed by atoms with van der Waals surface area (Å²) in [7, 11) is 0. The molecule has 6 heteroatoms. The number of pyridine rings is 1. The average Bonchev–Trinajstić information content (AvgIpc) is 2.35. The number of halogens is 2. The zero-order valence-corrected chi connectivity index (χ0v) is 10.7. The Kier molecular flexibility index (Phi) is 3.57. The minimum absolute atomic E-state index is 0.141. The molecular weight excluding hydrogens is 301 g/mol. The number of anilines is 2. The van der Waals surface area contributed by atoms with E-state index in [4.69, 9.17) is 5.73 Å². The quantitative estimate of drug-likeness (QED) is 0.896. The fourth-order valence-electron chi connectivity index (χ4n) is 1.39. The number of nitrogen functional groups attached to an aromatic ring is 1. The van der Waals surface area contributed by atoms with E-state index >= 15 is 0 Å². The molecule has 0 saturated carbocycles. The van der Waals surface area contributed by atoms with E-state index in [0.29, 0.717) is 10.2 Å². The molecule has 4 nitrogen and oxygen atoms in total. The zero-order valence-electron chi connectivity index (χ0n) is 9.15. The predicted molar refractivity (Wildman–Crippen MR) is 70.7 cm³/mol. The number of benzene rings is 1. The first-order valence-electron chi connectivity index (χ1n) is 5.05. The second-order valence-corrected chi connectivity index (χ2v) is 4.35. The number of amides is 1. The number of hydrogen-bond acceptors (Lipinski definition) is 3. The molecule has 0 saturated heterocycles. The van der Waals surface area contributed by atoms with Gasteiger partial charge in [0.2, 0.25) is 0 Å². The molecule has 3 N–H and O–H groups in total. The summed E-state index contributed by atoms with van der Waals surface area (Å²) < 4.78 is 14.3. The molecule has 0 radical (unpaired) electrons. The minimum atomic E-state index is -0.818. The van der Waals surface area contributed by atoms with E-state index in [0.717, 1.165) is 0 Å². The number of hydrogen-bond donors (Lipinski definition) is 2. The lowest BCUT2D eigenvalue weighted by Crippen LogP contribution is -2.15. The summed E-state index contributed by atoms with van der Waals surface area (Å²) in [6.07, 6.45) is 1.29. The topological polar surface area (TPSA) is 68.0 Å². The molecule has 0 bridgehead atoms. The third-order valence-corrected chi connectivity index (χ3v) is 2.97. The van der Waals surface area contributed by atoms with Crippen LogP contribution in [-0.2, 0) is 0 Å². The summed E-state index contributed by atoms with van der Waals surface area (Å²) in [6.45, 7) is 0. The summed E-state index contributed by atoms with van der Waals surface area (Å²) in [5.41, 5.74) is 5.72. The Bertz CT molecular complexity index is 604. The van der Waals surface area contributed by atoms with Crippen LogP contribution in [0.15, 0.2) is 41.0 Å². The number of carbonyl (C=O) groups excluding carboxylic acids is 1. The van der Waals surface area contributed by atoms with Crippen LogP contribution >= 0.6 is 15.9 Å². The molecule has 1 amide bonds. The fourth-order valence-corrected chi connectivity index (χ4v) is 1.77. The van der Waals surface area contributed by atoms with Gasteiger partial charge in [-0.2, -0.15) is 0 Å². The van der Waals surface area contributed by atoms with Gasteiger partial charge in [-0.05, 0) is 34.1 Å². The largest absolute Gasteiger partial charge is 0.381 e. The number of carbonyl (C=O) groups is 1. The number of nitrogens with zero attached hydrogens (tertiary/aromatic N) is 1. The van der Waals surface area contributed by atoms with E-state index in [2.05, 4.69) is 26.2 Å². The highest BCUT2D eigenvalue weighted by molar-refractivity contribution is 9.10. The molecule has 0 aliphatic carbocycles. The van der Waals surface area contributed by atoms with Crippen LogP contribution in [0.25, 0.3) is 0 Å². The Morgan fingerprint density at radius 3 is 2.78 bits per heavy atom. The first-order valence-corrected chi connectivity index (χ1v) is 5.84. The van der Waals surface area contributed by atoms with Gasteiger partial charge in [-0.3, -0.25) is 4.79 Å². The Balaban J connectivity index is 2.28. The number of nitrogens with one attached hydrogen (secondary N) is 1. The van der Waals surface area contributed by atoms with Crippen LogP contribution in [-0.4, -0.2) is 10.9 Å². The van der Waals surface area contributed by atoms with Crippen molar-refractivity contribution in [2.75, 3.05) is 11.1 Å². The van der Waals surface area contributed by atoms with Crippen molar-refractivity contribution in [3.63, 3.8) is 0 Å². The van der Waals surface area contributed by atoms with Gasteiger partial charge in [0.25, 0.3) is 5.91 Å². The molecule has 0 atom stereocenters. The lowest BCUT2D eigenvalue weighted by Gasteiger charge is -2.08. The van der Waals surface area contributed by atoms with E-state index in [1.165, 1.54) is 12.3 Å². The summed E-state index contributed by atoms with van der Waals surface area (Å²) in [4.78, 5) is 15.4. The second-order valence-electron chi connectivity index (χ2n) is 3.49. The van der Waals surface area contributed by atoms with Crippen molar-refractivity contribution in [2.24, 2.45) is 0 Å². The maximum atomic E-state index is 13.6. The van der Waals surface area contributed by atoms with Crippen molar-refractivity contribution < 1.29 is 9.18 Å². The first kappa shape index (κ1) is 12.5. The molecule has 0 aliphatic rings. The summed E-state index contributed by atoms with van der Waals surface area (Å²) >= 11 is 3.28. The highest BCUT2D eigenvalue weighted by Gasteiger charge is 2.15. The molecule has 92 valence electrons. The van der Waals surface area contributed by atoms with E-state index in [-0.39, 0.29) is 11.4 Å². The summed E-state index contributed by atoms with van der Waals surface area (Å²) in [5, 5.41) is 2.59. The highest BCUT2D eigenvalue weighted by Crippen LogP contribution is 2.22. The van der Waals surface area contributed by atoms with Crippen LogP contribution in [0.2, 0.25) is 0 Å². The molecule has 1 aromatic carbocycles. The van der Waals surface area contributed by atoms with Crippen molar-refractivity contribution in [3.05, 3.63) is 52.4 Å². The van der Waals surface area contributed by atoms with Crippen molar-refractivity contribution in [1.29, 1.82) is 0 Å². The van der Waals surface area contributed by atoms with Gasteiger partial charge in [0.05, 0.1) is 11.3 Å². The molecule has 0 aliphatic heterocycles. The molecule has 0 spiro atoms. The molecule has 1 heterocycles. The van der Waals surface area contributed by atoms with E-state index < -0.39 is 11.7 Å². The lowest BCUT2D eigenvalue weighted by molar-refractivity contribution is 0.102. The Morgan fingerprint density at radius 2 is 2.06 bits per heavy atom. The van der Waals surface area contributed by atoms with Crippen molar-refractivity contribution in [3.8, 4) is 0 Å². The molecule has 0 fully saturated rings. The third-order valence-electron chi connectivity index (χ3n) is 2.28. The van der Waals surface area contributed by atoms with Crippen LogP contribution in [0.5, 0.6) is 0 Å². The van der Waals surface area contributed by atoms with Gasteiger partial charge in [0, 0.05) is 10.7 Å². The number of aromatic nitrogens is 1. The first-order chi connectivity index (χ1) is 8.59. The maximum Gasteiger partial charge on any atom is 0.258 e. The van der Waals surface area contributed by atoms with Crippen molar-refractivity contribution in [2.45, 2.75) is 0 Å². The summed E-state index contributed by atoms with van der Waals surface area (Å²) in [5.74, 6) is -1.69. The van der Waals surface area contributed by atoms with Gasteiger partial charge in [-0.25, -0.2) is 9.37 Å². The normalized spacial score (nSPS) is 10.1. The number of para-hydroxylation sites is 1. The molecule has 2 aromatic rings. The Hall–Kier alpha value is -1.95. The average molecular weight is 310 g/mol. The van der Waals surface area contributed by atoms with Gasteiger partial charge >= 0.3 is 0 Å². The number of nitrogens with two attached hydrogens (primary N) is 1. The fraction of sp³-hybridized carbons (Fsp3) is 0. The van der Waals surface area contributed by atoms with Crippen LogP contribution in [0.1, 0.15) is 10.4 Å². The van der Waals surface area contributed by atoms with Crippen LogP contribution < -0.4 is 11.1 Å². The van der Waals surface area contributed by atoms with E-state index in [9.17, 15) is 9.18 Å². The maximum absolute atomic E-state index is 13.6. The van der Waals surface area contributed by atoms with Gasteiger partial charge in [-0.1, -0.05) is 12.1 Å². The molecule has 2 rings (SSSR count). The van der Waals surface area contributed by atoms with Gasteiger partial charge < -0.3 is 11.1 Å². The smallest absolute Gasteiger partial charge is 0.258 e. The molecular formula is C12H9BrFN3O. The predicted octanol–water partition coefficient (Wildman–Crippen LogP) is 2.82. The van der Waals surface area contributed by atoms with E-state index in [1.807, 2.05) is 6.07 Å². The monoisotopic (exact) mass is 309 g/mol. The van der Waals surface area contributed by atoms with Crippen molar-refractivity contribution in [1.82, 2.24) is 4.98 Å². The zero-order chi connectivity index (χ0) is 13.1. The van der Waals surface area contributed by atoms with Gasteiger partial charge in [0.1, 0.15) is 0 Å². The Labute approximate surface area is 111 Å². The SMILES string of the molecule is Nc1nccc(C(=O)Nc2ccccc2Br)c1F. The highest BCUT2D eigenvalue weighted by atomic mass is 79.9. The number of rotatable bonds is 2. The second kappa shape index (κ2) is 5.14. The molecule has 0 unspecified atom stereocenters. The standard InChI is InChI=1S/C12H9BrFN3O/c13-8-3-1-2-4-9(8)17-12(18)7-5-6-16-11(15)10(7)14/h1-6H,(H2,15,16)(H,17,18). The summed E-state index contributed by atoms with van der Waals surface area (Å²) in [6, 6.07) is 8.32. The molecule has 1 aromatic heterocycles. The third kappa shape index (κ3) is 2.48. The van der Waals surface area contributed by atoms with Crippen LogP contribution in [0, 0.1) is 5.82 Å². The van der Waals surface area contributed by atoms with Crippen molar-refractivity contribution >= 4 is 33.3 Å². The van der Waals surface area contributed by atoms with Crippen LogP contribution in [0.4, 0.5) is 15.9 Å².